The average molecular weight is 219 g/mol. The van der Waals surface area contributed by atoms with Gasteiger partial charge in [-0.2, -0.15) is 11.8 Å². The van der Waals surface area contributed by atoms with Crippen molar-refractivity contribution in [2.75, 3.05) is 32.6 Å². The maximum absolute atomic E-state index is 11.4. The maximum Gasteiger partial charge on any atom is 0.323 e. The van der Waals surface area contributed by atoms with Crippen LogP contribution in [0.15, 0.2) is 0 Å². The first-order valence-corrected chi connectivity index (χ1v) is 5.86. The third-order valence-corrected chi connectivity index (χ3v) is 3.30. The summed E-state index contributed by atoms with van der Waals surface area (Å²) in [6, 6.07) is -0.194. The Morgan fingerprint density at radius 2 is 2.43 bits per heavy atom. The molecule has 14 heavy (non-hydrogen) atoms. The summed E-state index contributed by atoms with van der Waals surface area (Å²) in [4.78, 5) is 11.4. The van der Waals surface area contributed by atoms with Gasteiger partial charge in [0.25, 0.3) is 0 Å². The number of hydrogen-bond donors (Lipinski definition) is 1. The van der Waals surface area contributed by atoms with Crippen molar-refractivity contribution in [3.05, 3.63) is 0 Å². The monoisotopic (exact) mass is 219 g/mol. The molecule has 0 radical (unpaired) electrons. The van der Waals surface area contributed by atoms with Crippen LogP contribution < -0.4 is 5.32 Å². The Labute approximate surface area is 88.7 Å². The van der Waals surface area contributed by atoms with Gasteiger partial charge in [-0.25, -0.2) is 0 Å². The lowest BCUT2D eigenvalue weighted by molar-refractivity contribution is -0.144. The van der Waals surface area contributed by atoms with Gasteiger partial charge in [-0.3, -0.25) is 4.79 Å². The zero-order valence-corrected chi connectivity index (χ0v) is 9.43. The maximum atomic E-state index is 11.4. The summed E-state index contributed by atoms with van der Waals surface area (Å²) in [6.45, 7) is 3.87. The number of thioether (sulfide) groups is 1. The molecule has 0 aromatic carbocycles. The quantitative estimate of drug-likeness (QED) is 0.650. The number of likely N-dealkylation sites (N-methyl/N-ethyl adjacent to an activating group) is 1. The lowest BCUT2D eigenvalue weighted by Gasteiger charge is -2.26. The zero-order chi connectivity index (χ0) is 10.4. The molecule has 0 spiro atoms. The fourth-order valence-electron chi connectivity index (χ4n) is 1.05. The van der Waals surface area contributed by atoms with Crippen molar-refractivity contribution in [2.45, 2.75) is 18.2 Å². The Bertz CT molecular complexity index is 185. The van der Waals surface area contributed by atoms with E-state index in [-0.39, 0.29) is 12.0 Å². The zero-order valence-electron chi connectivity index (χ0n) is 8.62. The molecule has 0 bridgehead atoms. The minimum atomic E-state index is -0.194. The molecule has 0 aromatic heterocycles. The molecule has 1 fully saturated rings. The summed E-state index contributed by atoms with van der Waals surface area (Å²) in [5, 5.41) is 3.51. The fraction of sp³-hybridized carbons (Fsp3) is 0.889. The second-order valence-corrected chi connectivity index (χ2v) is 4.42. The van der Waals surface area contributed by atoms with Crippen LogP contribution in [0, 0.1) is 0 Å². The van der Waals surface area contributed by atoms with Crippen LogP contribution in [0.4, 0.5) is 0 Å². The molecule has 1 rings (SSSR count). The van der Waals surface area contributed by atoms with Crippen LogP contribution in [0.1, 0.15) is 6.92 Å². The van der Waals surface area contributed by atoms with Crippen LogP contribution in [0.5, 0.6) is 0 Å². The molecule has 0 saturated carbocycles. The molecule has 0 aliphatic carbocycles. The van der Waals surface area contributed by atoms with Crippen molar-refractivity contribution in [3.63, 3.8) is 0 Å². The molecule has 1 saturated heterocycles. The van der Waals surface area contributed by atoms with Crippen molar-refractivity contribution in [3.8, 4) is 0 Å². The molecular formula is C9H17NO3S. The van der Waals surface area contributed by atoms with Crippen molar-refractivity contribution >= 4 is 17.7 Å². The van der Waals surface area contributed by atoms with Crippen LogP contribution in [-0.4, -0.2) is 49.9 Å². The topological polar surface area (TPSA) is 47.6 Å². The standard InChI is InChI=1S/C9H17NO3S/c1-3-13-9(11)8(10-2)6-14-7-4-12-5-7/h7-8,10H,3-6H2,1-2H3. The molecule has 1 aliphatic heterocycles. The van der Waals surface area contributed by atoms with Crippen LogP contribution in [-0.2, 0) is 14.3 Å². The summed E-state index contributed by atoms with van der Waals surface area (Å²) in [5.41, 5.74) is 0. The summed E-state index contributed by atoms with van der Waals surface area (Å²) in [6.07, 6.45) is 0. The van der Waals surface area contributed by atoms with Gasteiger partial charge >= 0.3 is 5.97 Å². The van der Waals surface area contributed by atoms with E-state index >= 15 is 0 Å². The van der Waals surface area contributed by atoms with Gasteiger partial charge in [0, 0.05) is 5.75 Å². The van der Waals surface area contributed by atoms with Crippen LogP contribution in [0.2, 0.25) is 0 Å². The third-order valence-electron chi connectivity index (χ3n) is 2.03. The van der Waals surface area contributed by atoms with Crippen molar-refractivity contribution in [1.29, 1.82) is 0 Å². The fourth-order valence-corrected chi connectivity index (χ4v) is 2.21. The van der Waals surface area contributed by atoms with Gasteiger partial charge in [-0.05, 0) is 14.0 Å². The molecule has 1 heterocycles. The highest BCUT2D eigenvalue weighted by Gasteiger charge is 2.23. The van der Waals surface area contributed by atoms with E-state index in [1.54, 1.807) is 18.8 Å². The molecule has 4 nitrogen and oxygen atoms in total. The number of rotatable bonds is 6. The number of carbonyl (C=O) groups excluding carboxylic acids is 1. The minimum absolute atomic E-state index is 0.164. The molecule has 1 unspecified atom stereocenters. The van der Waals surface area contributed by atoms with Gasteiger partial charge < -0.3 is 14.8 Å². The highest BCUT2D eigenvalue weighted by molar-refractivity contribution is 8.00. The summed E-state index contributed by atoms with van der Waals surface area (Å²) in [7, 11) is 1.78. The largest absolute Gasteiger partial charge is 0.465 e. The Balaban J connectivity index is 2.19. The smallest absolute Gasteiger partial charge is 0.323 e. The molecule has 5 heteroatoms. The Morgan fingerprint density at radius 3 is 2.86 bits per heavy atom. The first kappa shape index (κ1) is 11.8. The number of esters is 1. The highest BCUT2D eigenvalue weighted by Crippen LogP contribution is 2.19. The second kappa shape index (κ2) is 6.27. The number of ether oxygens (including phenoxy) is 2. The van der Waals surface area contributed by atoms with Gasteiger partial charge in [0.1, 0.15) is 6.04 Å². The van der Waals surface area contributed by atoms with Gasteiger partial charge in [0.15, 0.2) is 0 Å². The number of carbonyl (C=O) groups is 1. The summed E-state index contributed by atoms with van der Waals surface area (Å²) < 4.78 is 9.98. The lowest BCUT2D eigenvalue weighted by atomic mass is 10.3. The highest BCUT2D eigenvalue weighted by atomic mass is 32.2. The SMILES string of the molecule is CCOC(=O)C(CSC1COC1)NC. The molecule has 1 atom stereocenters. The van der Waals surface area contributed by atoms with E-state index in [2.05, 4.69) is 5.32 Å². The van der Waals surface area contributed by atoms with Crippen molar-refractivity contribution < 1.29 is 14.3 Å². The normalized spacial score (nSPS) is 18.7. The Morgan fingerprint density at radius 1 is 1.71 bits per heavy atom. The molecule has 82 valence electrons. The van der Waals surface area contributed by atoms with E-state index in [1.165, 1.54) is 0 Å². The molecule has 0 amide bonds. The van der Waals surface area contributed by atoms with E-state index in [4.69, 9.17) is 9.47 Å². The second-order valence-electron chi connectivity index (χ2n) is 3.09. The first-order chi connectivity index (χ1) is 6.77. The molecule has 1 N–H and O–H groups in total. The lowest BCUT2D eigenvalue weighted by Crippen LogP contribution is -2.40. The summed E-state index contributed by atoms with van der Waals surface area (Å²) >= 11 is 1.76. The first-order valence-electron chi connectivity index (χ1n) is 4.81. The summed E-state index contributed by atoms with van der Waals surface area (Å²) in [5.74, 6) is 0.589. The Hall–Kier alpha value is -0.260. The van der Waals surface area contributed by atoms with Gasteiger partial charge in [0.05, 0.1) is 25.1 Å². The van der Waals surface area contributed by atoms with E-state index in [1.807, 2.05) is 6.92 Å². The minimum Gasteiger partial charge on any atom is -0.465 e. The van der Waals surface area contributed by atoms with Crippen LogP contribution in [0.25, 0.3) is 0 Å². The average Bonchev–Trinajstić information content (AvgIpc) is 2.09. The number of nitrogens with one attached hydrogen (secondary N) is 1. The van der Waals surface area contributed by atoms with Crippen molar-refractivity contribution in [2.24, 2.45) is 0 Å². The van der Waals surface area contributed by atoms with Crippen LogP contribution >= 0.6 is 11.8 Å². The molecular weight excluding hydrogens is 202 g/mol. The third kappa shape index (κ3) is 3.48. The van der Waals surface area contributed by atoms with Crippen LogP contribution in [0.3, 0.4) is 0 Å². The predicted octanol–water partition coefficient (Wildman–Crippen LogP) is 0.269. The van der Waals surface area contributed by atoms with Gasteiger partial charge in [-0.15, -0.1) is 0 Å². The van der Waals surface area contributed by atoms with Crippen molar-refractivity contribution in [1.82, 2.24) is 5.32 Å². The van der Waals surface area contributed by atoms with E-state index in [0.29, 0.717) is 11.9 Å². The predicted molar refractivity (Wildman–Crippen MR) is 56.5 cm³/mol. The van der Waals surface area contributed by atoms with E-state index in [9.17, 15) is 4.79 Å². The van der Waals surface area contributed by atoms with E-state index < -0.39 is 0 Å². The molecule has 0 aromatic rings. The Kier molecular flexibility index (Phi) is 5.29. The van der Waals surface area contributed by atoms with E-state index in [0.717, 1.165) is 19.0 Å². The van der Waals surface area contributed by atoms with Gasteiger partial charge in [-0.1, -0.05) is 0 Å². The number of hydrogen-bond acceptors (Lipinski definition) is 5. The van der Waals surface area contributed by atoms with Gasteiger partial charge in [0.2, 0.25) is 0 Å². The molecule has 1 aliphatic rings.